The molecule has 202 valence electrons. The van der Waals surface area contributed by atoms with Gasteiger partial charge in [0.15, 0.2) is 11.6 Å². The van der Waals surface area contributed by atoms with E-state index in [4.69, 9.17) is 4.74 Å². The minimum absolute atomic E-state index is 0. The fourth-order valence-electron chi connectivity index (χ4n) is 5.09. The average molecular weight is 528 g/mol. The fourth-order valence-corrected chi connectivity index (χ4v) is 5.09. The molecular formula is C27H31F2N5O4. The third-order valence-electron chi connectivity index (χ3n) is 7.00. The molecule has 1 atom stereocenters. The van der Waals surface area contributed by atoms with Crippen molar-refractivity contribution >= 4 is 18.0 Å². The molecule has 2 aromatic rings. The van der Waals surface area contributed by atoms with Gasteiger partial charge in [0.1, 0.15) is 12.6 Å². The first kappa shape index (κ1) is 27.2. The largest absolute Gasteiger partial charge is 0.456 e. The lowest BCUT2D eigenvalue weighted by molar-refractivity contribution is -0.136. The van der Waals surface area contributed by atoms with Gasteiger partial charge in [0.25, 0.3) is 0 Å². The standard InChI is InChI=1S/C26H27F2N5O4.CH4/c27-18-6-5-17(14-19(18)28)23-22-21(15-37-24(22)34)31-26(36)33(23)25(35)30-10-3-11-32-12-7-16(8-13-32)20-4-1-2-9-29-20;/h1-2,4-6,9,14,16,23H,3,7-8,10-13,15H2,(H,30,35)(H,31,36);1H4. The predicted octanol–water partition coefficient (Wildman–Crippen LogP) is 3.85. The van der Waals surface area contributed by atoms with Crippen molar-refractivity contribution in [2.45, 2.75) is 38.6 Å². The van der Waals surface area contributed by atoms with Crippen LogP contribution in [0.3, 0.4) is 0 Å². The number of esters is 1. The summed E-state index contributed by atoms with van der Waals surface area (Å²) in [7, 11) is 0. The minimum Gasteiger partial charge on any atom is -0.456 e. The topological polar surface area (TPSA) is 104 Å². The van der Waals surface area contributed by atoms with E-state index in [2.05, 4.69) is 26.6 Å². The van der Waals surface area contributed by atoms with Gasteiger partial charge in [0.2, 0.25) is 0 Å². The Hall–Kier alpha value is -3.86. The van der Waals surface area contributed by atoms with Crippen molar-refractivity contribution < 1.29 is 27.9 Å². The molecule has 0 radical (unpaired) electrons. The molecule has 2 N–H and O–H groups in total. The van der Waals surface area contributed by atoms with Crippen molar-refractivity contribution in [2.24, 2.45) is 0 Å². The van der Waals surface area contributed by atoms with E-state index in [-0.39, 0.29) is 30.9 Å². The monoisotopic (exact) mass is 527 g/mol. The number of hydrogen-bond donors (Lipinski definition) is 2. The molecule has 3 aliphatic rings. The number of rotatable bonds is 6. The Kier molecular flexibility index (Phi) is 8.35. The second-order valence-corrected chi connectivity index (χ2v) is 9.30. The van der Waals surface area contributed by atoms with E-state index >= 15 is 0 Å². The maximum Gasteiger partial charge on any atom is 0.338 e. The number of hydrogen-bond acceptors (Lipinski definition) is 6. The summed E-state index contributed by atoms with van der Waals surface area (Å²) in [6.07, 6.45) is 4.50. The van der Waals surface area contributed by atoms with E-state index in [0.29, 0.717) is 18.9 Å². The zero-order chi connectivity index (χ0) is 25.9. The Labute approximate surface area is 219 Å². The van der Waals surface area contributed by atoms with Gasteiger partial charge in [0.05, 0.1) is 11.3 Å². The summed E-state index contributed by atoms with van der Waals surface area (Å²) in [6, 6.07) is 6.23. The number of amides is 4. The number of likely N-dealkylation sites (tertiary alicyclic amines) is 1. The third-order valence-corrected chi connectivity index (χ3v) is 7.00. The first-order valence-corrected chi connectivity index (χ1v) is 12.3. The number of imide groups is 1. The zero-order valence-electron chi connectivity index (χ0n) is 20.1. The van der Waals surface area contributed by atoms with Crippen molar-refractivity contribution in [3.8, 4) is 0 Å². The lowest BCUT2D eigenvalue weighted by Gasteiger charge is -2.34. The van der Waals surface area contributed by atoms with Crippen LogP contribution in [0, 0.1) is 11.6 Å². The summed E-state index contributed by atoms with van der Waals surface area (Å²) in [5.41, 5.74) is 1.44. The molecule has 1 fully saturated rings. The highest BCUT2D eigenvalue weighted by molar-refractivity contribution is 6.03. The molecule has 4 amide bonds. The number of aromatic nitrogens is 1. The molecule has 1 unspecified atom stereocenters. The first-order chi connectivity index (χ1) is 17.9. The van der Waals surface area contributed by atoms with Gasteiger partial charge in [-0.3, -0.25) is 4.98 Å². The fraction of sp³-hybridized carbons (Fsp3) is 0.407. The van der Waals surface area contributed by atoms with Crippen molar-refractivity contribution in [3.05, 3.63) is 76.8 Å². The zero-order valence-corrected chi connectivity index (χ0v) is 20.1. The Morgan fingerprint density at radius 2 is 1.92 bits per heavy atom. The number of carbonyl (C=O) groups excluding carboxylic acids is 3. The Bertz CT molecular complexity index is 1230. The molecule has 38 heavy (non-hydrogen) atoms. The Morgan fingerprint density at radius 1 is 1.13 bits per heavy atom. The van der Waals surface area contributed by atoms with Gasteiger partial charge >= 0.3 is 18.0 Å². The van der Waals surface area contributed by atoms with E-state index in [1.807, 2.05) is 18.3 Å². The lowest BCUT2D eigenvalue weighted by atomic mass is 9.93. The highest BCUT2D eigenvalue weighted by Crippen LogP contribution is 2.37. The Balaban J connectivity index is 0.00000336. The molecule has 0 bridgehead atoms. The maximum absolute atomic E-state index is 14.0. The lowest BCUT2D eigenvalue weighted by Crippen LogP contribution is -2.54. The minimum atomic E-state index is -1.24. The van der Waals surface area contributed by atoms with Crippen molar-refractivity contribution in [1.29, 1.82) is 0 Å². The normalized spacial score (nSPS) is 19.9. The van der Waals surface area contributed by atoms with Gasteiger partial charge in [0, 0.05) is 24.4 Å². The van der Waals surface area contributed by atoms with E-state index in [0.717, 1.165) is 55.2 Å². The summed E-state index contributed by atoms with van der Waals surface area (Å²) in [6.45, 7) is 2.77. The SMILES string of the molecule is C.O=C1OCC2=C1C(c1ccc(F)c(F)c1)N(C(=O)NCCCN1CCC(c3ccccn3)CC1)C(=O)N2. The molecule has 1 aromatic heterocycles. The molecule has 4 heterocycles. The van der Waals surface area contributed by atoms with Crippen LogP contribution >= 0.6 is 0 Å². The molecule has 1 saturated heterocycles. The van der Waals surface area contributed by atoms with Gasteiger partial charge < -0.3 is 20.3 Å². The van der Waals surface area contributed by atoms with Crippen molar-refractivity contribution in [3.63, 3.8) is 0 Å². The highest BCUT2D eigenvalue weighted by Gasteiger charge is 2.45. The number of carbonyl (C=O) groups is 3. The van der Waals surface area contributed by atoms with Crippen LogP contribution in [0.5, 0.6) is 0 Å². The molecule has 9 nitrogen and oxygen atoms in total. The molecule has 11 heteroatoms. The number of halogens is 2. The van der Waals surface area contributed by atoms with Gasteiger partial charge in [-0.1, -0.05) is 19.6 Å². The summed E-state index contributed by atoms with van der Waals surface area (Å²) in [5.74, 6) is -2.50. The van der Waals surface area contributed by atoms with Gasteiger partial charge in [-0.15, -0.1) is 0 Å². The van der Waals surface area contributed by atoms with Gasteiger partial charge in [-0.2, -0.15) is 0 Å². The number of urea groups is 2. The number of pyridine rings is 1. The summed E-state index contributed by atoms with van der Waals surface area (Å²) >= 11 is 0. The number of cyclic esters (lactones) is 1. The average Bonchev–Trinajstić information content (AvgIpc) is 3.28. The molecule has 0 spiro atoms. The smallest absolute Gasteiger partial charge is 0.338 e. The Morgan fingerprint density at radius 3 is 2.63 bits per heavy atom. The quantitative estimate of drug-likeness (QED) is 0.437. The second kappa shape index (κ2) is 11.7. The second-order valence-electron chi connectivity index (χ2n) is 9.30. The van der Waals surface area contributed by atoms with Gasteiger partial charge in [-0.05, 0) is 68.7 Å². The van der Waals surface area contributed by atoms with Crippen LogP contribution in [0.25, 0.3) is 0 Å². The molecule has 3 aliphatic heterocycles. The molecular weight excluding hydrogens is 496 g/mol. The summed E-state index contributed by atoms with van der Waals surface area (Å²) in [4.78, 5) is 45.9. The highest BCUT2D eigenvalue weighted by atomic mass is 19.2. The van der Waals surface area contributed by atoms with Crippen molar-refractivity contribution in [1.82, 2.24) is 25.4 Å². The van der Waals surface area contributed by atoms with Crippen LogP contribution in [0.1, 0.15) is 49.9 Å². The van der Waals surface area contributed by atoms with Crippen LogP contribution in [0.4, 0.5) is 18.4 Å². The van der Waals surface area contributed by atoms with Crippen LogP contribution in [-0.4, -0.2) is 65.6 Å². The van der Waals surface area contributed by atoms with E-state index < -0.39 is 35.7 Å². The van der Waals surface area contributed by atoms with Crippen LogP contribution < -0.4 is 10.6 Å². The van der Waals surface area contributed by atoms with Gasteiger partial charge in [-0.25, -0.2) is 28.1 Å². The number of ether oxygens (including phenoxy) is 1. The third kappa shape index (κ3) is 5.52. The first-order valence-electron chi connectivity index (χ1n) is 12.3. The van der Waals surface area contributed by atoms with E-state index in [9.17, 15) is 23.2 Å². The summed E-state index contributed by atoms with van der Waals surface area (Å²) < 4.78 is 32.6. The van der Waals surface area contributed by atoms with E-state index in [1.54, 1.807) is 0 Å². The van der Waals surface area contributed by atoms with Crippen molar-refractivity contribution in [2.75, 3.05) is 32.8 Å². The van der Waals surface area contributed by atoms with Crippen LogP contribution in [-0.2, 0) is 9.53 Å². The number of piperidine rings is 1. The predicted molar refractivity (Wildman–Crippen MR) is 135 cm³/mol. The molecule has 1 aromatic carbocycles. The number of benzene rings is 1. The van der Waals surface area contributed by atoms with E-state index in [1.165, 1.54) is 6.07 Å². The maximum atomic E-state index is 14.0. The van der Waals surface area contributed by atoms with Crippen LogP contribution in [0.15, 0.2) is 53.9 Å². The van der Waals surface area contributed by atoms with Crippen LogP contribution in [0.2, 0.25) is 0 Å². The molecule has 0 aliphatic carbocycles. The number of nitrogens with zero attached hydrogens (tertiary/aromatic N) is 3. The number of nitrogens with one attached hydrogen (secondary N) is 2. The summed E-state index contributed by atoms with van der Waals surface area (Å²) in [5, 5.41) is 5.23. The molecule has 0 saturated carbocycles. The molecule has 5 rings (SSSR count).